The van der Waals surface area contributed by atoms with Crippen LogP contribution >= 0.6 is 0 Å². The summed E-state index contributed by atoms with van der Waals surface area (Å²) in [5, 5.41) is 2.64. The summed E-state index contributed by atoms with van der Waals surface area (Å²) in [6, 6.07) is 25.8. The molecule has 0 radical (unpaired) electrons. The quantitative estimate of drug-likeness (QED) is 0.370. The van der Waals surface area contributed by atoms with Crippen molar-refractivity contribution in [2.24, 2.45) is 10.8 Å². The number of rotatable bonds is 3. The van der Waals surface area contributed by atoms with E-state index in [1.807, 2.05) is 0 Å². The first-order valence-electron chi connectivity index (χ1n) is 15.1. The van der Waals surface area contributed by atoms with Crippen molar-refractivity contribution in [2.75, 3.05) is 0 Å². The molecule has 3 aliphatic carbocycles. The van der Waals surface area contributed by atoms with Crippen LogP contribution in [0, 0.1) is 17.8 Å². The molecule has 0 saturated carbocycles. The van der Waals surface area contributed by atoms with E-state index in [0.717, 1.165) is 6.42 Å². The van der Waals surface area contributed by atoms with E-state index in [4.69, 9.17) is 0 Å². The summed E-state index contributed by atoms with van der Waals surface area (Å²) in [5.74, 6) is 0. The van der Waals surface area contributed by atoms with Gasteiger partial charge in [-0.1, -0.05) is 107 Å². The number of hydrogen-bond acceptors (Lipinski definition) is 0. The van der Waals surface area contributed by atoms with E-state index in [2.05, 4.69) is 165 Å². The van der Waals surface area contributed by atoms with Crippen LogP contribution in [0.25, 0.3) is 11.6 Å². The van der Waals surface area contributed by atoms with E-state index in [9.17, 15) is 0 Å². The van der Waals surface area contributed by atoms with Gasteiger partial charge in [0.15, 0.2) is 0 Å². The normalized spacial score (nSPS) is 18.2. The Bertz CT molecular complexity index is 1730. The predicted molar refractivity (Wildman–Crippen MR) is 178 cm³/mol. The summed E-state index contributed by atoms with van der Waals surface area (Å²) >= 11 is 1.46. The fraction of sp³-hybridized carbons (Fsp3) is 0.293. The second-order valence-corrected chi connectivity index (χ2v) is 15.2. The summed E-state index contributed by atoms with van der Waals surface area (Å²) in [4.78, 5) is 0. The van der Waals surface area contributed by atoms with Crippen LogP contribution in [-0.2, 0) is 29.7 Å². The van der Waals surface area contributed by atoms with Gasteiger partial charge in [0.1, 0.15) is 0 Å². The first-order chi connectivity index (χ1) is 19.8. The molecule has 6 rings (SSSR count). The molecule has 0 bridgehead atoms. The molecule has 0 fully saturated rings. The van der Waals surface area contributed by atoms with Gasteiger partial charge >= 0.3 is 99.2 Å². The van der Waals surface area contributed by atoms with Crippen molar-refractivity contribution in [1.82, 2.24) is 0 Å². The minimum absolute atomic E-state index is 0. The van der Waals surface area contributed by atoms with Gasteiger partial charge in [0.25, 0.3) is 0 Å². The second kappa shape index (κ2) is 14.0. The van der Waals surface area contributed by atoms with Crippen molar-refractivity contribution in [3.05, 3.63) is 153 Å². The number of fused-ring (bicyclic) bond motifs is 2. The molecule has 3 aliphatic rings. The molecule has 0 aliphatic heterocycles. The van der Waals surface area contributed by atoms with Crippen molar-refractivity contribution < 1.29 is 49.0 Å². The number of hydrogen-bond donors (Lipinski definition) is 0. The molecule has 0 spiro atoms. The zero-order valence-electron chi connectivity index (χ0n) is 27.3. The van der Waals surface area contributed by atoms with Crippen molar-refractivity contribution in [2.45, 2.75) is 67.2 Å². The van der Waals surface area contributed by atoms with Crippen LogP contribution in [-0.4, -0.2) is 3.21 Å². The molecule has 3 aromatic rings. The Balaban J connectivity index is 0.000000280. The summed E-state index contributed by atoms with van der Waals surface area (Å²) < 4.78 is 1.42. The zero-order chi connectivity index (χ0) is 30.3. The number of aryl methyl sites for hydroxylation is 1. The summed E-state index contributed by atoms with van der Waals surface area (Å²) in [6.07, 6.45) is 16.5. The second-order valence-electron chi connectivity index (χ2n) is 14.0. The number of halogens is 2. The van der Waals surface area contributed by atoms with Gasteiger partial charge in [-0.2, -0.15) is 0 Å². The van der Waals surface area contributed by atoms with Crippen LogP contribution in [0.4, 0.5) is 0 Å². The van der Waals surface area contributed by atoms with Gasteiger partial charge in [0, 0.05) is 0 Å². The molecule has 3 heteroatoms. The molecule has 0 N–H and O–H groups in total. The van der Waals surface area contributed by atoms with Gasteiger partial charge in [-0.15, -0.1) is 33.7 Å². The van der Waals surface area contributed by atoms with E-state index in [-0.39, 0.29) is 41.1 Å². The van der Waals surface area contributed by atoms with E-state index < -0.39 is 0 Å². The molecule has 226 valence electrons. The summed E-state index contributed by atoms with van der Waals surface area (Å²) in [7, 11) is 0. The van der Waals surface area contributed by atoms with Gasteiger partial charge in [-0.3, -0.25) is 0 Å². The Morgan fingerprint density at radius 2 is 1.41 bits per heavy atom. The molecule has 3 aromatic carbocycles. The molecule has 44 heavy (non-hydrogen) atoms. The topological polar surface area (TPSA) is 0 Å². The average Bonchev–Trinajstić information content (AvgIpc) is 3.61. The standard InChI is InChI=1S/C28H33.C13H10.2ClH.Zr/c1-18-15-21(26(2,3)4)16-20-17-23-22(24(18)20)13-14-28(8,27(5,6)7)25(23)19-11-9-10-12-19;1-3-7-12(8-4-1)11-13-9-5-2-6-10-13;;;/h9-11,13-16H,12H2,1-8H3;1-10H;2*1H;/q-1;;;;+2/p-2. The van der Waals surface area contributed by atoms with Crippen molar-refractivity contribution in [1.29, 1.82) is 0 Å². The molecule has 0 heterocycles. The summed E-state index contributed by atoms with van der Waals surface area (Å²) in [5.41, 5.74) is 11.3. The van der Waals surface area contributed by atoms with Gasteiger partial charge < -0.3 is 24.8 Å². The Hall–Kier alpha value is -2.31. The minimum atomic E-state index is -0.0144. The van der Waals surface area contributed by atoms with Crippen LogP contribution in [0.2, 0.25) is 0 Å². The van der Waals surface area contributed by atoms with Gasteiger partial charge in [0.05, 0.1) is 0 Å². The van der Waals surface area contributed by atoms with E-state index in [1.54, 1.807) is 0 Å². The van der Waals surface area contributed by atoms with Gasteiger partial charge in [0.2, 0.25) is 0 Å². The van der Waals surface area contributed by atoms with Gasteiger partial charge in [-0.05, 0) is 29.6 Å². The van der Waals surface area contributed by atoms with Crippen LogP contribution in [0.15, 0.2) is 120 Å². The van der Waals surface area contributed by atoms with Crippen molar-refractivity contribution in [3.63, 3.8) is 0 Å². The molecular weight excluding hydrogens is 655 g/mol. The molecular formula is C41H43Cl2Zr-. The van der Waals surface area contributed by atoms with Gasteiger partial charge in [-0.25, -0.2) is 0 Å². The van der Waals surface area contributed by atoms with Crippen molar-refractivity contribution >= 4 is 14.9 Å². The predicted octanol–water partition coefficient (Wildman–Crippen LogP) is 2.73. The third kappa shape index (κ3) is 7.07. The number of allylic oxidation sites excluding steroid dienone is 8. The van der Waals surface area contributed by atoms with E-state index >= 15 is 0 Å². The zero-order valence-corrected chi connectivity index (χ0v) is 31.2. The van der Waals surface area contributed by atoms with Crippen LogP contribution in [0.5, 0.6) is 0 Å². The van der Waals surface area contributed by atoms with Crippen LogP contribution in [0.1, 0.15) is 77.1 Å². The van der Waals surface area contributed by atoms with E-state index in [0.29, 0.717) is 0 Å². The molecule has 0 saturated heterocycles. The SMILES string of the molecule is Cc1cc(C(C)(C)C)cc2c1=C1C=CC(C)(C(C)(C)C)C(C3=CC=CC3)=C1[C-]=2.[Cl-].[Cl-].[Zr+2]=[C](c1ccccc1)c1ccccc1. The Morgan fingerprint density at radius 3 is 1.89 bits per heavy atom. The Morgan fingerprint density at radius 1 is 0.841 bits per heavy atom. The fourth-order valence-corrected chi connectivity index (χ4v) is 6.91. The summed E-state index contributed by atoms with van der Waals surface area (Å²) in [6.45, 7) is 18.6. The van der Waals surface area contributed by atoms with Crippen LogP contribution in [0.3, 0.4) is 0 Å². The molecule has 0 aromatic heterocycles. The maximum absolute atomic E-state index is 3.87. The average molecular weight is 698 g/mol. The maximum atomic E-state index is 3.87. The first kappa shape index (κ1) is 36.2. The monoisotopic (exact) mass is 695 g/mol. The Kier molecular flexibility index (Phi) is 11.5. The third-order valence-corrected chi connectivity index (χ3v) is 10.5. The number of benzene rings is 3. The van der Waals surface area contributed by atoms with E-state index in [1.165, 1.54) is 82.4 Å². The van der Waals surface area contributed by atoms with Crippen molar-refractivity contribution in [3.8, 4) is 0 Å². The first-order valence-corrected chi connectivity index (χ1v) is 16.3. The molecule has 1 unspecified atom stereocenters. The molecule has 0 amide bonds. The van der Waals surface area contributed by atoms with Crippen LogP contribution < -0.4 is 35.3 Å². The Labute approximate surface area is 292 Å². The molecule has 1 atom stereocenters. The third-order valence-electron chi connectivity index (χ3n) is 9.13. The fourth-order valence-electron chi connectivity index (χ4n) is 6.09. The molecule has 0 nitrogen and oxygen atoms in total.